The van der Waals surface area contributed by atoms with E-state index >= 15 is 0 Å². The standard InChI is InChI=1S/C14H19F9O4S2/c1-28(2,8-10(24)9-6-4-3-5-7-9)27-29(25,26)14(22,23)12(17,18)11(15,16)13(19,20)21/h9H,3-8H2,1-2H3. The second-order valence-corrected chi connectivity index (χ2v) is 12.2. The van der Waals surface area contributed by atoms with E-state index in [1.54, 1.807) is 0 Å². The van der Waals surface area contributed by atoms with Crippen LogP contribution in [-0.4, -0.2) is 55.7 Å². The molecule has 1 fully saturated rings. The average molecular weight is 486 g/mol. The first-order valence-electron chi connectivity index (χ1n) is 8.09. The minimum absolute atomic E-state index is 0.438. The van der Waals surface area contributed by atoms with Crippen molar-refractivity contribution in [2.24, 2.45) is 5.92 Å². The summed E-state index contributed by atoms with van der Waals surface area (Å²) in [6.07, 6.45) is -2.43. The van der Waals surface area contributed by atoms with Gasteiger partial charge >= 0.3 is 33.4 Å². The van der Waals surface area contributed by atoms with Crippen molar-refractivity contribution in [3.63, 3.8) is 0 Å². The highest BCUT2D eigenvalue weighted by Gasteiger charge is 2.86. The summed E-state index contributed by atoms with van der Waals surface area (Å²) in [5.41, 5.74) is 0. The number of hydrogen-bond donors (Lipinski definition) is 0. The lowest BCUT2D eigenvalue weighted by molar-refractivity contribution is -0.382. The molecule has 1 aliphatic carbocycles. The van der Waals surface area contributed by atoms with Crippen LogP contribution in [0.5, 0.6) is 0 Å². The quantitative estimate of drug-likeness (QED) is 0.459. The van der Waals surface area contributed by atoms with Gasteiger partial charge in [0.1, 0.15) is 5.78 Å². The van der Waals surface area contributed by atoms with Crippen LogP contribution in [0.1, 0.15) is 32.1 Å². The van der Waals surface area contributed by atoms with Gasteiger partial charge in [0.25, 0.3) is 0 Å². The maximum atomic E-state index is 13.7. The summed E-state index contributed by atoms with van der Waals surface area (Å²) in [4.78, 5) is 12.2. The molecule has 0 bridgehead atoms. The molecule has 0 N–H and O–H groups in total. The molecule has 0 saturated heterocycles. The Morgan fingerprint density at radius 3 is 1.72 bits per heavy atom. The molecule has 1 rings (SSSR count). The number of halogens is 9. The fourth-order valence-corrected chi connectivity index (χ4v) is 6.55. The Kier molecular flexibility index (Phi) is 7.35. The third-order valence-electron chi connectivity index (χ3n) is 4.25. The highest BCUT2D eigenvalue weighted by atomic mass is 32.3. The smallest absolute Gasteiger partial charge is 0.298 e. The topological polar surface area (TPSA) is 60.4 Å². The molecule has 29 heavy (non-hydrogen) atoms. The molecule has 1 saturated carbocycles. The van der Waals surface area contributed by atoms with Crippen molar-refractivity contribution in [2.75, 3.05) is 18.3 Å². The predicted molar refractivity (Wildman–Crippen MR) is 86.8 cm³/mol. The Labute approximate surface area is 162 Å². The molecular formula is C14H19F9O4S2. The molecule has 0 atom stereocenters. The highest BCUT2D eigenvalue weighted by molar-refractivity contribution is 8.32. The average Bonchev–Trinajstić information content (AvgIpc) is 2.52. The van der Waals surface area contributed by atoms with Crippen molar-refractivity contribution in [3.05, 3.63) is 0 Å². The number of hydrogen-bond acceptors (Lipinski definition) is 4. The van der Waals surface area contributed by atoms with E-state index in [9.17, 15) is 52.7 Å². The minimum atomic E-state index is -7.36. The zero-order valence-corrected chi connectivity index (χ0v) is 16.8. The lowest BCUT2D eigenvalue weighted by Gasteiger charge is -2.36. The second-order valence-electron chi connectivity index (χ2n) is 7.07. The van der Waals surface area contributed by atoms with Crippen LogP contribution in [0.25, 0.3) is 0 Å². The molecule has 0 aliphatic heterocycles. The molecule has 15 heteroatoms. The molecule has 0 heterocycles. The lowest BCUT2D eigenvalue weighted by Crippen LogP contribution is -2.63. The summed E-state index contributed by atoms with van der Waals surface area (Å²) in [5.74, 6) is -16.6. The Hall–Kier alpha value is -0.700. The predicted octanol–water partition coefficient (Wildman–Crippen LogP) is 4.89. The Morgan fingerprint density at radius 2 is 1.31 bits per heavy atom. The number of ketones is 1. The van der Waals surface area contributed by atoms with Crippen molar-refractivity contribution in [1.82, 2.24) is 0 Å². The fourth-order valence-electron chi connectivity index (χ4n) is 2.71. The third-order valence-corrected chi connectivity index (χ3v) is 8.31. The van der Waals surface area contributed by atoms with Gasteiger partial charge in [-0.3, -0.25) is 4.79 Å². The first kappa shape index (κ1) is 26.3. The van der Waals surface area contributed by atoms with E-state index in [4.69, 9.17) is 0 Å². The van der Waals surface area contributed by atoms with E-state index in [0.717, 1.165) is 18.9 Å². The zero-order valence-electron chi connectivity index (χ0n) is 15.2. The molecule has 0 unspecified atom stereocenters. The molecule has 0 aromatic rings. The number of carbonyl (C=O) groups excluding carboxylic acids is 1. The summed E-state index contributed by atoms with van der Waals surface area (Å²) >= 11 is 0. The van der Waals surface area contributed by atoms with Crippen molar-refractivity contribution in [1.29, 1.82) is 0 Å². The van der Waals surface area contributed by atoms with Crippen LogP contribution in [0.2, 0.25) is 0 Å². The molecular weight excluding hydrogens is 467 g/mol. The van der Waals surface area contributed by atoms with Gasteiger partial charge in [0.15, 0.2) is 0 Å². The van der Waals surface area contributed by atoms with Crippen LogP contribution in [0.3, 0.4) is 0 Å². The largest absolute Gasteiger partial charge is 0.460 e. The summed E-state index contributed by atoms with van der Waals surface area (Å²) < 4.78 is 143. The van der Waals surface area contributed by atoms with Gasteiger partial charge in [-0.15, -0.1) is 10.3 Å². The van der Waals surface area contributed by atoms with E-state index in [1.807, 2.05) is 0 Å². The lowest BCUT2D eigenvalue weighted by atomic mass is 9.87. The molecule has 0 radical (unpaired) electrons. The van der Waals surface area contributed by atoms with E-state index in [2.05, 4.69) is 3.63 Å². The maximum Gasteiger partial charge on any atom is 0.460 e. The Bertz CT molecular complexity index is 711. The van der Waals surface area contributed by atoms with E-state index in [-0.39, 0.29) is 0 Å². The molecule has 0 aromatic carbocycles. The van der Waals surface area contributed by atoms with E-state index in [1.165, 1.54) is 0 Å². The molecule has 4 nitrogen and oxygen atoms in total. The minimum Gasteiger partial charge on any atom is -0.298 e. The van der Waals surface area contributed by atoms with Crippen LogP contribution in [0, 0.1) is 5.92 Å². The zero-order chi connectivity index (χ0) is 23.1. The third kappa shape index (κ3) is 5.14. The Morgan fingerprint density at radius 1 is 0.862 bits per heavy atom. The van der Waals surface area contributed by atoms with E-state index < -0.39 is 61.2 Å². The number of carbonyl (C=O) groups is 1. The number of rotatable bonds is 8. The van der Waals surface area contributed by atoms with Gasteiger partial charge in [0.2, 0.25) is 0 Å². The monoisotopic (exact) mass is 486 g/mol. The van der Waals surface area contributed by atoms with Gasteiger partial charge in [0.05, 0.1) is 5.75 Å². The van der Waals surface area contributed by atoms with Crippen LogP contribution >= 0.6 is 10.3 Å². The van der Waals surface area contributed by atoms with Crippen molar-refractivity contribution in [2.45, 2.75) is 55.4 Å². The fraction of sp³-hybridized carbons (Fsp3) is 0.929. The summed E-state index contributed by atoms with van der Waals surface area (Å²) in [5, 5.41) is -6.92. The molecule has 0 aromatic heterocycles. The second kappa shape index (κ2) is 8.09. The normalized spacial score (nSPS) is 19.3. The van der Waals surface area contributed by atoms with Crippen LogP contribution in [0.4, 0.5) is 39.5 Å². The number of alkyl halides is 9. The highest BCUT2D eigenvalue weighted by Crippen LogP contribution is 2.57. The molecule has 1 aliphatic rings. The summed E-state index contributed by atoms with van der Waals surface area (Å²) in [6, 6.07) is 0. The van der Waals surface area contributed by atoms with Crippen LogP contribution in [-0.2, 0) is 18.5 Å². The van der Waals surface area contributed by atoms with E-state index in [0.29, 0.717) is 25.7 Å². The Balaban J connectivity index is 3.10. The van der Waals surface area contributed by atoms with Gasteiger partial charge in [0, 0.05) is 5.92 Å². The first-order chi connectivity index (χ1) is 12.7. The summed E-state index contributed by atoms with van der Waals surface area (Å²) in [6.45, 7) is 0. The van der Waals surface area contributed by atoms with Crippen LogP contribution in [0.15, 0.2) is 0 Å². The van der Waals surface area contributed by atoms with Gasteiger partial charge < -0.3 is 0 Å². The van der Waals surface area contributed by atoms with Gasteiger partial charge in [-0.1, -0.05) is 19.3 Å². The first-order valence-corrected chi connectivity index (χ1v) is 12.0. The van der Waals surface area contributed by atoms with Gasteiger partial charge in [-0.2, -0.15) is 47.9 Å². The van der Waals surface area contributed by atoms with Gasteiger partial charge in [-0.25, -0.2) is 3.63 Å². The number of Topliss-reactive ketones (excluding diaryl/α,β-unsaturated/α-hetero) is 1. The summed E-state index contributed by atoms with van der Waals surface area (Å²) in [7, 11) is -10.4. The van der Waals surface area contributed by atoms with Crippen molar-refractivity contribution in [3.8, 4) is 0 Å². The van der Waals surface area contributed by atoms with Gasteiger partial charge in [-0.05, 0) is 25.4 Å². The molecule has 0 amide bonds. The van der Waals surface area contributed by atoms with Crippen molar-refractivity contribution >= 4 is 26.2 Å². The van der Waals surface area contributed by atoms with Crippen LogP contribution < -0.4 is 0 Å². The molecule has 174 valence electrons. The SMILES string of the molecule is CS(C)(CC(=O)C1CCCCC1)OS(=O)(=O)C(F)(F)C(F)(F)C(F)(F)C(F)(F)F. The maximum absolute atomic E-state index is 13.7. The molecule has 0 spiro atoms. The van der Waals surface area contributed by atoms with Crippen molar-refractivity contribution < 1.29 is 56.4 Å².